The third-order valence-electron chi connectivity index (χ3n) is 5.32. The van der Waals surface area contributed by atoms with E-state index in [-0.39, 0.29) is 35.8 Å². The average Bonchev–Trinajstić information content (AvgIpc) is 3.46. The van der Waals surface area contributed by atoms with Crippen molar-refractivity contribution < 1.29 is 26.8 Å². The van der Waals surface area contributed by atoms with Gasteiger partial charge in [0.2, 0.25) is 25.9 Å². The number of benzene rings is 1. The highest BCUT2D eigenvalue weighted by molar-refractivity contribution is 7.92. The van der Waals surface area contributed by atoms with Crippen molar-refractivity contribution in [2.45, 2.75) is 35.1 Å². The van der Waals surface area contributed by atoms with E-state index < -0.39 is 41.8 Å². The van der Waals surface area contributed by atoms with E-state index in [1.165, 1.54) is 6.07 Å². The first kappa shape index (κ1) is 23.2. The van der Waals surface area contributed by atoms with Crippen LogP contribution >= 0.6 is 0 Å². The molecule has 2 saturated heterocycles. The number of aromatic nitrogens is 4. The molecule has 1 aromatic heterocycles. The van der Waals surface area contributed by atoms with Gasteiger partial charge in [0.15, 0.2) is 0 Å². The van der Waals surface area contributed by atoms with Crippen molar-refractivity contribution >= 4 is 37.4 Å². The first-order valence-electron chi connectivity index (χ1n) is 9.83. The quantitative estimate of drug-likeness (QED) is 0.219. The summed E-state index contributed by atoms with van der Waals surface area (Å²) in [5.41, 5.74) is -0.469. The molecule has 1 atom stereocenters. The summed E-state index contributed by atoms with van der Waals surface area (Å²) in [6, 6.07) is 1.88. The van der Waals surface area contributed by atoms with Crippen LogP contribution in [0.1, 0.15) is 19.3 Å². The zero-order valence-corrected chi connectivity index (χ0v) is 18.7. The van der Waals surface area contributed by atoms with Crippen molar-refractivity contribution in [3.63, 3.8) is 0 Å². The van der Waals surface area contributed by atoms with Crippen LogP contribution in [0.2, 0.25) is 0 Å². The van der Waals surface area contributed by atoms with Crippen LogP contribution in [0.3, 0.4) is 0 Å². The van der Waals surface area contributed by atoms with Crippen LogP contribution in [-0.2, 0) is 24.8 Å². The normalized spacial score (nSPS) is 21.1. The van der Waals surface area contributed by atoms with Crippen molar-refractivity contribution in [3.8, 4) is 11.4 Å². The molecular weight excluding hydrogens is 478 g/mol. The third-order valence-corrected chi connectivity index (χ3v) is 8.01. The SMILES string of the molecule is NS(=O)(=O)c1c(S(=O)(=O)N[C@@H]2CCNC2)ccc(N2CCC/C(=N/O)C2=O)c1-c1nn[nH]n1. The number of H-pyrrole nitrogens is 1. The number of sulfonamides is 2. The van der Waals surface area contributed by atoms with Gasteiger partial charge in [0, 0.05) is 25.6 Å². The van der Waals surface area contributed by atoms with Gasteiger partial charge in [0.05, 0.1) is 11.3 Å². The van der Waals surface area contributed by atoms with Crippen LogP contribution in [-0.4, -0.2) is 80.0 Å². The fraction of sp³-hybridized carbons (Fsp3) is 0.438. The molecule has 33 heavy (non-hydrogen) atoms. The van der Waals surface area contributed by atoms with E-state index in [4.69, 9.17) is 10.3 Å². The van der Waals surface area contributed by atoms with Crippen LogP contribution in [0.5, 0.6) is 0 Å². The zero-order valence-electron chi connectivity index (χ0n) is 17.1. The van der Waals surface area contributed by atoms with Crippen LogP contribution in [0.4, 0.5) is 5.69 Å². The molecule has 0 radical (unpaired) electrons. The smallest absolute Gasteiger partial charge is 0.276 e. The summed E-state index contributed by atoms with van der Waals surface area (Å²) in [6.07, 6.45) is 1.15. The predicted octanol–water partition coefficient (Wildman–Crippen LogP) is -1.89. The van der Waals surface area contributed by atoms with E-state index in [0.717, 1.165) is 11.0 Å². The summed E-state index contributed by atoms with van der Waals surface area (Å²) in [4.78, 5) is 12.6. The van der Waals surface area contributed by atoms with E-state index in [2.05, 4.69) is 35.8 Å². The Balaban J connectivity index is 1.96. The van der Waals surface area contributed by atoms with E-state index in [9.17, 15) is 21.6 Å². The minimum absolute atomic E-state index is 0.0206. The number of aromatic amines is 1. The van der Waals surface area contributed by atoms with Crippen molar-refractivity contribution in [2.75, 3.05) is 24.5 Å². The molecule has 178 valence electrons. The molecule has 3 heterocycles. The number of hydrogen-bond donors (Lipinski definition) is 5. The lowest BCUT2D eigenvalue weighted by molar-refractivity contribution is -0.113. The second kappa shape index (κ2) is 8.75. The Hall–Kier alpha value is -2.99. The van der Waals surface area contributed by atoms with Gasteiger partial charge in [-0.1, -0.05) is 5.16 Å². The number of hydrogen-bond acceptors (Lipinski definition) is 11. The Bertz CT molecular complexity index is 1300. The van der Waals surface area contributed by atoms with Gasteiger partial charge in [-0.25, -0.2) is 26.7 Å². The van der Waals surface area contributed by atoms with Crippen molar-refractivity contribution in [3.05, 3.63) is 12.1 Å². The second-order valence-electron chi connectivity index (χ2n) is 7.49. The maximum Gasteiger partial charge on any atom is 0.276 e. The predicted molar refractivity (Wildman–Crippen MR) is 113 cm³/mol. The standard InChI is InChI=1S/C16H21N9O6S2/c17-32(28,29)14-12(33(30,31)22-9-5-6-18-8-9)4-3-11(13(14)15-19-23-24-20-15)25-7-1-2-10(21-27)16(25)26/h3-4,9,18,22,27H,1-2,5-8H2,(H2,17,28,29)(H,19,20,23,24)/b21-10-/t9-/m1/s1. The van der Waals surface area contributed by atoms with Crippen LogP contribution in [0.25, 0.3) is 11.4 Å². The first-order chi connectivity index (χ1) is 15.6. The topological polar surface area (TPSA) is 226 Å². The molecule has 0 aliphatic carbocycles. The maximum absolute atomic E-state index is 13.2. The van der Waals surface area contributed by atoms with Crippen LogP contribution in [0, 0.1) is 0 Å². The summed E-state index contributed by atoms with van der Waals surface area (Å²) in [5, 5.41) is 33.8. The summed E-state index contributed by atoms with van der Waals surface area (Å²) in [5.74, 6) is -0.964. The van der Waals surface area contributed by atoms with E-state index in [1.807, 2.05) is 0 Å². The van der Waals surface area contributed by atoms with Crippen molar-refractivity contribution in [2.24, 2.45) is 10.3 Å². The molecule has 2 aliphatic heterocycles. The average molecular weight is 500 g/mol. The minimum Gasteiger partial charge on any atom is -0.410 e. The fourth-order valence-corrected chi connectivity index (χ4v) is 6.75. The van der Waals surface area contributed by atoms with E-state index in [1.54, 1.807) is 0 Å². The molecule has 0 spiro atoms. The summed E-state index contributed by atoms with van der Waals surface area (Å²) < 4.78 is 54.2. The van der Waals surface area contributed by atoms with E-state index in [0.29, 0.717) is 25.9 Å². The Morgan fingerprint density at radius 1 is 1.27 bits per heavy atom. The molecule has 1 aromatic carbocycles. The summed E-state index contributed by atoms with van der Waals surface area (Å²) >= 11 is 0. The van der Waals surface area contributed by atoms with Gasteiger partial charge in [0.25, 0.3) is 5.91 Å². The Kier molecular flexibility index (Phi) is 6.14. The summed E-state index contributed by atoms with van der Waals surface area (Å²) in [6.45, 7) is 1.13. The molecular formula is C16H21N9O6S2. The molecule has 1 amide bonds. The van der Waals surface area contributed by atoms with Crippen LogP contribution < -0.4 is 20.1 Å². The number of nitrogens with two attached hydrogens (primary N) is 1. The number of nitrogens with zero attached hydrogens (tertiary/aromatic N) is 5. The molecule has 2 aromatic rings. The maximum atomic E-state index is 13.2. The largest absolute Gasteiger partial charge is 0.410 e. The lowest BCUT2D eigenvalue weighted by Crippen LogP contribution is -2.42. The number of piperidine rings is 1. The monoisotopic (exact) mass is 499 g/mol. The Morgan fingerprint density at radius 3 is 2.67 bits per heavy atom. The van der Waals surface area contributed by atoms with Crippen LogP contribution in [0.15, 0.2) is 27.1 Å². The molecule has 2 aliphatic rings. The molecule has 17 heteroatoms. The molecule has 2 fully saturated rings. The minimum atomic E-state index is -4.68. The van der Waals surface area contributed by atoms with E-state index >= 15 is 0 Å². The number of amides is 1. The Morgan fingerprint density at radius 2 is 2.06 bits per heavy atom. The lowest BCUT2D eigenvalue weighted by Gasteiger charge is -2.29. The number of carbonyl (C=O) groups excluding carboxylic acids is 1. The van der Waals surface area contributed by atoms with Gasteiger partial charge < -0.3 is 15.4 Å². The molecule has 0 saturated carbocycles. The molecule has 0 bridgehead atoms. The lowest BCUT2D eigenvalue weighted by atomic mass is 10.0. The van der Waals surface area contributed by atoms with Gasteiger partial charge in [-0.3, -0.25) is 4.79 Å². The highest BCUT2D eigenvalue weighted by Crippen LogP contribution is 2.39. The zero-order chi connectivity index (χ0) is 23.8. The second-order valence-corrected chi connectivity index (χ2v) is 10.7. The third kappa shape index (κ3) is 4.44. The fourth-order valence-electron chi connectivity index (χ4n) is 3.89. The molecule has 6 N–H and O–H groups in total. The van der Waals surface area contributed by atoms with Gasteiger partial charge in [-0.2, -0.15) is 5.21 Å². The summed E-state index contributed by atoms with van der Waals surface area (Å²) in [7, 11) is -9.03. The Labute approximate surface area is 188 Å². The number of oxime groups is 1. The number of nitrogens with one attached hydrogen (secondary N) is 3. The number of carbonyl (C=O) groups is 1. The van der Waals surface area contributed by atoms with Gasteiger partial charge in [-0.15, -0.1) is 10.2 Å². The number of tetrazole rings is 1. The van der Waals surface area contributed by atoms with Gasteiger partial charge in [0.1, 0.15) is 15.5 Å². The molecule has 4 rings (SSSR count). The number of anilines is 1. The number of rotatable bonds is 6. The highest BCUT2D eigenvalue weighted by atomic mass is 32.2. The van der Waals surface area contributed by atoms with Gasteiger partial charge >= 0.3 is 0 Å². The highest BCUT2D eigenvalue weighted by Gasteiger charge is 2.37. The molecule has 15 nitrogen and oxygen atoms in total. The van der Waals surface area contributed by atoms with Crippen molar-refractivity contribution in [1.29, 1.82) is 0 Å². The van der Waals surface area contributed by atoms with Crippen molar-refractivity contribution in [1.82, 2.24) is 30.7 Å². The molecule has 0 unspecified atom stereocenters. The van der Waals surface area contributed by atoms with Gasteiger partial charge in [-0.05, 0) is 36.7 Å². The number of primary sulfonamides is 1. The first-order valence-corrected chi connectivity index (χ1v) is 12.9.